The van der Waals surface area contributed by atoms with Crippen LogP contribution in [-0.2, 0) is 19.6 Å². The van der Waals surface area contributed by atoms with Gasteiger partial charge in [0.25, 0.3) is 5.69 Å². The molecule has 0 amide bonds. The second-order valence-corrected chi connectivity index (χ2v) is 8.43. The molecule has 0 saturated carbocycles. The summed E-state index contributed by atoms with van der Waals surface area (Å²) in [5, 5.41) is 13.9. The van der Waals surface area contributed by atoms with Crippen LogP contribution in [0.1, 0.15) is 19.8 Å². The quantitative estimate of drug-likeness (QED) is 0.150. The minimum Gasteiger partial charge on any atom is -0.466 e. The van der Waals surface area contributed by atoms with Crippen molar-refractivity contribution in [3.8, 4) is 0 Å². The van der Waals surface area contributed by atoms with Gasteiger partial charge in [-0.05, 0) is 25.8 Å². The minimum atomic E-state index is -3.88. The fraction of sp³-hybridized carbons (Fsp3) is 0.556. The second kappa shape index (κ2) is 10.9. The summed E-state index contributed by atoms with van der Waals surface area (Å²) < 4.78 is 32.2. The Kier molecular flexibility index (Phi) is 8.54. The van der Waals surface area contributed by atoms with Crippen LogP contribution < -0.4 is 10.0 Å². The van der Waals surface area contributed by atoms with Crippen molar-refractivity contribution < 1.29 is 22.9 Å². The van der Waals surface area contributed by atoms with Gasteiger partial charge in [-0.25, -0.2) is 13.1 Å². The van der Waals surface area contributed by atoms with Crippen LogP contribution in [0.3, 0.4) is 0 Å². The van der Waals surface area contributed by atoms with E-state index in [-0.39, 0.29) is 35.6 Å². The molecule has 1 unspecified atom stereocenters. The summed E-state index contributed by atoms with van der Waals surface area (Å²) in [5.74, 6) is 0.130. The van der Waals surface area contributed by atoms with Crippen molar-refractivity contribution in [3.05, 3.63) is 34.4 Å². The Labute approximate surface area is 175 Å². The van der Waals surface area contributed by atoms with Crippen molar-refractivity contribution in [1.82, 2.24) is 14.9 Å². The topological polar surface area (TPSA) is 143 Å². The molecule has 1 aromatic rings. The van der Waals surface area contributed by atoms with Crippen LogP contribution in [0.4, 0.5) is 5.69 Å². The first-order chi connectivity index (χ1) is 14.3. The lowest BCUT2D eigenvalue weighted by Gasteiger charge is -2.33. The number of esters is 1. The molecule has 1 aliphatic rings. The van der Waals surface area contributed by atoms with Gasteiger partial charge in [0.05, 0.1) is 22.3 Å². The van der Waals surface area contributed by atoms with Gasteiger partial charge >= 0.3 is 5.97 Å². The van der Waals surface area contributed by atoms with E-state index in [2.05, 4.69) is 15.0 Å². The predicted octanol–water partition coefficient (Wildman–Crippen LogP) is 0.724. The molecule has 30 heavy (non-hydrogen) atoms. The Balaban J connectivity index is 1.88. The molecular formula is C18H27N5O6S. The average molecular weight is 442 g/mol. The Morgan fingerprint density at radius 2 is 2.17 bits per heavy atom. The van der Waals surface area contributed by atoms with E-state index in [0.717, 1.165) is 25.5 Å². The highest BCUT2D eigenvalue weighted by Gasteiger charge is 2.28. The van der Waals surface area contributed by atoms with Gasteiger partial charge in [-0.3, -0.25) is 19.9 Å². The summed E-state index contributed by atoms with van der Waals surface area (Å²) in [6.07, 6.45) is 1.58. The van der Waals surface area contributed by atoms with E-state index in [0.29, 0.717) is 19.1 Å². The standard InChI is InChI=1S/C18H27N5O6S/c1-3-29-17(24)14-6-5-11-22(13-14)18(19-2)20-9-10-21-30(27,28)16-8-4-7-15(12-16)23(25)26/h4,7-8,12,14,21H,3,5-6,9-11,13H2,1-2H3,(H,19,20). The molecule has 0 aliphatic carbocycles. The lowest BCUT2D eigenvalue weighted by Crippen LogP contribution is -2.49. The summed E-state index contributed by atoms with van der Waals surface area (Å²) in [6.45, 7) is 3.63. The Hall–Kier alpha value is -2.73. The average Bonchev–Trinajstić information content (AvgIpc) is 2.74. The first-order valence-corrected chi connectivity index (χ1v) is 11.1. The number of likely N-dealkylation sites (tertiary alicyclic amines) is 1. The van der Waals surface area contributed by atoms with E-state index in [1.807, 2.05) is 4.90 Å². The third-order valence-electron chi connectivity index (χ3n) is 4.59. The van der Waals surface area contributed by atoms with Crippen LogP contribution in [-0.4, -0.2) is 70.0 Å². The number of nitrogens with one attached hydrogen (secondary N) is 2. The summed E-state index contributed by atoms with van der Waals surface area (Å²) >= 11 is 0. The number of hydrogen-bond donors (Lipinski definition) is 2. The van der Waals surface area contributed by atoms with E-state index in [4.69, 9.17) is 4.74 Å². The van der Waals surface area contributed by atoms with E-state index >= 15 is 0 Å². The van der Waals surface area contributed by atoms with E-state index in [9.17, 15) is 23.3 Å². The van der Waals surface area contributed by atoms with Gasteiger partial charge in [-0.2, -0.15) is 0 Å². The normalized spacial score (nSPS) is 17.5. The van der Waals surface area contributed by atoms with Crippen LogP contribution in [0, 0.1) is 16.0 Å². The molecular weight excluding hydrogens is 414 g/mol. The molecule has 2 rings (SSSR count). The smallest absolute Gasteiger partial charge is 0.310 e. The number of nitrogens with zero attached hydrogens (tertiary/aromatic N) is 3. The Morgan fingerprint density at radius 3 is 2.83 bits per heavy atom. The maximum Gasteiger partial charge on any atom is 0.310 e. The van der Waals surface area contributed by atoms with Crippen LogP contribution in [0.5, 0.6) is 0 Å². The molecule has 1 heterocycles. The number of carbonyl (C=O) groups excluding carboxylic acids is 1. The Morgan fingerprint density at radius 1 is 1.40 bits per heavy atom. The molecule has 2 N–H and O–H groups in total. The molecule has 0 spiro atoms. The largest absolute Gasteiger partial charge is 0.466 e. The number of piperidine rings is 1. The molecule has 166 valence electrons. The van der Waals surface area contributed by atoms with Crippen molar-refractivity contribution in [1.29, 1.82) is 0 Å². The fourth-order valence-corrected chi connectivity index (χ4v) is 4.23. The SMILES string of the molecule is CCOC(=O)C1CCCN(C(=NC)NCCNS(=O)(=O)c2cccc([N+](=O)[O-])c2)C1. The number of nitro groups is 1. The van der Waals surface area contributed by atoms with Crippen LogP contribution in [0.15, 0.2) is 34.2 Å². The van der Waals surface area contributed by atoms with Gasteiger partial charge in [0.1, 0.15) is 0 Å². The summed E-state index contributed by atoms with van der Waals surface area (Å²) in [6, 6.07) is 4.86. The monoisotopic (exact) mass is 441 g/mol. The third-order valence-corrected chi connectivity index (χ3v) is 6.05. The number of sulfonamides is 1. The highest BCUT2D eigenvalue weighted by atomic mass is 32.2. The van der Waals surface area contributed by atoms with Gasteiger partial charge < -0.3 is 15.0 Å². The number of rotatable bonds is 8. The van der Waals surface area contributed by atoms with Crippen molar-refractivity contribution in [2.45, 2.75) is 24.7 Å². The zero-order chi connectivity index (χ0) is 22.1. The summed E-state index contributed by atoms with van der Waals surface area (Å²) in [7, 11) is -2.27. The van der Waals surface area contributed by atoms with E-state index in [1.54, 1.807) is 14.0 Å². The molecule has 0 aromatic heterocycles. The van der Waals surface area contributed by atoms with Gasteiger partial charge in [0, 0.05) is 45.4 Å². The second-order valence-electron chi connectivity index (χ2n) is 6.66. The maximum atomic E-state index is 12.3. The molecule has 1 saturated heterocycles. The van der Waals surface area contributed by atoms with Crippen LogP contribution in [0.25, 0.3) is 0 Å². The first-order valence-electron chi connectivity index (χ1n) is 9.64. The van der Waals surface area contributed by atoms with Gasteiger partial charge in [0.2, 0.25) is 10.0 Å². The van der Waals surface area contributed by atoms with E-state index < -0.39 is 14.9 Å². The number of benzene rings is 1. The number of non-ortho nitro benzene ring substituents is 1. The van der Waals surface area contributed by atoms with Crippen LogP contribution >= 0.6 is 0 Å². The fourth-order valence-electron chi connectivity index (χ4n) is 3.16. The Bertz CT molecular complexity index is 889. The number of ether oxygens (including phenoxy) is 1. The molecule has 0 radical (unpaired) electrons. The van der Waals surface area contributed by atoms with Crippen molar-refractivity contribution in [2.24, 2.45) is 10.9 Å². The number of hydrogen-bond acceptors (Lipinski definition) is 7. The van der Waals surface area contributed by atoms with Gasteiger partial charge in [-0.15, -0.1) is 0 Å². The highest BCUT2D eigenvalue weighted by Crippen LogP contribution is 2.18. The summed E-state index contributed by atoms with van der Waals surface area (Å²) in [5.41, 5.74) is -0.294. The lowest BCUT2D eigenvalue weighted by atomic mass is 9.98. The van der Waals surface area contributed by atoms with Crippen molar-refractivity contribution in [3.63, 3.8) is 0 Å². The van der Waals surface area contributed by atoms with E-state index in [1.165, 1.54) is 18.2 Å². The zero-order valence-corrected chi connectivity index (χ0v) is 17.9. The van der Waals surface area contributed by atoms with Crippen molar-refractivity contribution >= 4 is 27.6 Å². The number of nitro benzene ring substituents is 1. The molecule has 1 fully saturated rings. The molecule has 12 heteroatoms. The minimum absolute atomic E-state index is 0.0548. The molecule has 1 aromatic carbocycles. The number of guanidine groups is 1. The molecule has 11 nitrogen and oxygen atoms in total. The number of carbonyl (C=O) groups is 1. The van der Waals surface area contributed by atoms with Gasteiger partial charge in [0.15, 0.2) is 5.96 Å². The lowest BCUT2D eigenvalue weighted by molar-refractivity contribution is -0.385. The third kappa shape index (κ3) is 6.39. The van der Waals surface area contributed by atoms with Crippen molar-refractivity contribution in [2.75, 3.05) is 39.8 Å². The zero-order valence-electron chi connectivity index (χ0n) is 17.0. The van der Waals surface area contributed by atoms with Gasteiger partial charge in [-0.1, -0.05) is 6.07 Å². The van der Waals surface area contributed by atoms with Crippen LogP contribution in [0.2, 0.25) is 0 Å². The molecule has 0 bridgehead atoms. The molecule has 1 aliphatic heterocycles. The first kappa shape index (κ1) is 23.5. The maximum absolute atomic E-state index is 12.3. The molecule has 1 atom stereocenters. The highest BCUT2D eigenvalue weighted by molar-refractivity contribution is 7.89. The predicted molar refractivity (Wildman–Crippen MR) is 111 cm³/mol. The number of aliphatic imine (C=N–C) groups is 1. The summed E-state index contributed by atoms with van der Waals surface area (Å²) in [4.78, 5) is 28.2.